The number of hydrogen-bond acceptors (Lipinski definition) is 4. The number of morpholine rings is 1. The Morgan fingerprint density at radius 1 is 1.08 bits per heavy atom. The lowest BCUT2D eigenvalue weighted by atomic mass is 10.0. The Bertz CT molecular complexity index is 357. The van der Waals surface area contributed by atoms with Gasteiger partial charge in [0.1, 0.15) is 0 Å². The maximum absolute atomic E-state index is 5.39. The maximum Gasteiger partial charge on any atom is 0.191 e. The van der Waals surface area contributed by atoms with Crippen LogP contribution in [0.4, 0.5) is 0 Å². The van der Waals surface area contributed by atoms with Gasteiger partial charge in [-0.2, -0.15) is 0 Å². The van der Waals surface area contributed by atoms with Gasteiger partial charge < -0.3 is 15.4 Å². The molecular weight excluding hydrogens is 302 g/mol. The smallest absolute Gasteiger partial charge is 0.191 e. The van der Waals surface area contributed by atoms with Crippen LogP contribution < -0.4 is 10.6 Å². The number of ether oxygens (including phenoxy) is 1. The molecule has 0 aromatic rings. The fourth-order valence-electron chi connectivity index (χ4n) is 3.61. The molecule has 0 spiro atoms. The minimum Gasteiger partial charge on any atom is -0.379 e. The summed E-state index contributed by atoms with van der Waals surface area (Å²) in [6, 6.07) is 0.769. The van der Waals surface area contributed by atoms with Crippen LogP contribution in [0.2, 0.25) is 0 Å². The molecule has 1 unspecified atom stereocenters. The van der Waals surface area contributed by atoms with Crippen molar-refractivity contribution in [2.45, 2.75) is 45.6 Å². The predicted octanol–water partition coefficient (Wildman–Crippen LogP) is 1.14. The van der Waals surface area contributed by atoms with Crippen LogP contribution in [0.15, 0.2) is 4.99 Å². The lowest BCUT2D eigenvalue weighted by Crippen LogP contribution is -2.45. The highest BCUT2D eigenvalue weighted by Crippen LogP contribution is 2.18. The Balaban J connectivity index is 1.68. The number of likely N-dealkylation sites (tertiary alicyclic amines) is 1. The molecule has 2 fully saturated rings. The van der Waals surface area contributed by atoms with Crippen LogP contribution >= 0.6 is 0 Å². The van der Waals surface area contributed by atoms with Gasteiger partial charge in [0.2, 0.25) is 0 Å². The highest BCUT2D eigenvalue weighted by atomic mass is 16.5. The summed E-state index contributed by atoms with van der Waals surface area (Å²) >= 11 is 0. The standard InChI is InChI=1S/C18H37N5O/c1-3-17-7-5-6-10-23(17)12-9-21-18(19-4-2)20-8-11-22-13-15-24-16-14-22/h17H,3-16H2,1-2H3,(H2,19,20,21). The van der Waals surface area contributed by atoms with Gasteiger partial charge in [-0.1, -0.05) is 13.3 Å². The molecule has 2 N–H and O–H groups in total. The van der Waals surface area contributed by atoms with E-state index in [-0.39, 0.29) is 0 Å². The van der Waals surface area contributed by atoms with E-state index in [2.05, 4.69) is 34.3 Å². The fourth-order valence-corrected chi connectivity index (χ4v) is 3.61. The topological polar surface area (TPSA) is 52.1 Å². The lowest BCUT2D eigenvalue weighted by Gasteiger charge is -2.34. The summed E-state index contributed by atoms with van der Waals surface area (Å²) in [5.74, 6) is 0.954. The van der Waals surface area contributed by atoms with Crippen LogP contribution in [-0.2, 0) is 4.74 Å². The first-order valence-corrected chi connectivity index (χ1v) is 9.89. The normalized spacial score (nSPS) is 24.1. The zero-order valence-electron chi connectivity index (χ0n) is 15.7. The van der Waals surface area contributed by atoms with Crippen molar-refractivity contribution in [2.75, 3.05) is 65.6 Å². The van der Waals surface area contributed by atoms with Crippen LogP contribution in [0.3, 0.4) is 0 Å². The van der Waals surface area contributed by atoms with Crippen molar-refractivity contribution in [3.8, 4) is 0 Å². The number of nitrogens with one attached hydrogen (secondary N) is 2. The average molecular weight is 340 g/mol. The van der Waals surface area contributed by atoms with Gasteiger partial charge in [0.25, 0.3) is 0 Å². The molecule has 2 aliphatic rings. The summed E-state index contributed by atoms with van der Waals surface area (Å²) in [5.41, 5.74) is 0. The molecule has 140 valence electrons. The summed E-state index contributed by atoms with van der Waals surface area (Å²) < 4.78 is 5.39. The molecule has 0 aromatic carbocycles. The number of aliphatic imine (C=N–C) groups is 1. The van der Waals surface area contributed by atoms with Crippen molar-refractivity contribution in [3.05, 3.63) is 0 Å². The van der Waals surface area contributed by atoms with Gasteiger partial charge in [-0.3, -0.25) is 14.8 Å². The molecule has 1 atom stereocenters. The summed E-state index contributed by atoms with van der Waals surface area (Å²) in [6.07, 6.45) is 5.36. The molecule has 24 heavy (non-hydrogen) atoms. The second kappa shape index (κ2) is 11.7. The van der Waals surface area contributed by atoms with Crippen LogP contribution in [-0.4, -0.2) is 87.4 Å². The highest BCUT2D eigenvalue weighted by Gasteiger charge is 2.19. The van der Waals surface area contributed by atoms with E-state index in [0.29, 0.717) is 0 Å². The van der Waals surface area contributed by atoms with Crippen LogP contribution in [0, 0.1) is 0 Å². The van der Waals surface area contributed by atoms with Crippen molar-refractivity contribution in [1.82, 2.24) is 20.4 Å². The summed E-state index contributed by atoms with van der Waals surface area (Å²) in [6.45, 7) is 14.4. The van der Waals surface area contributed by atoms with Gasteiger partial charge >= 0.3 is 0 Å². The molecule has 0 aromatic heterocycles. The zero-order valence-corrected chi connectivity index (χ0v) is 15.7. The third kappa shape index (κ3) is 6.95. The van der Waals surface area contributed by atoms with E-state index in [4.69, 9.17) is 9.73 Å². The van der Waals surface area contributed by atoms with E-state index in [1.807, 2.05) is 0 Å². The largest absolute Gasteiger partial charge is 0.379 e. The molecule has 6 nitrogen and oxygen atoms in total. The van der Waals surface area contributed by atoms with E-state index in [0.717, 1.165) is 71.0 Å². The monoisotopic (exact) mass is 339 g/mol. The van der Waals surface area contributed by atoms with Crippen molar-refractivity contribution in [1.29, 1.82) is 0 Å². The molecule has 2 saturated heterocycles. The SMILES string of the molecule is CCNC(=NCCN1CCCCC1CC)NCCN1CCOCC1. The molecule has 0 radical (unpaired) electrons. The van der Waals surface area contributed by atoms with Gasteiger partial charge in [0, 0.05) is 45.3 Å². The molecule has 0 bridgehead atoms. The highest BCUT2D eigenvalue weighted by molar-refractivity contribution is 5.79. The van der Waals surface area contributed by atoms with E-state index in [1.54, 1.807) is 0 Å². The number of piperidine rings is 1. The molecule has 0 amide bonds. The first-order chi connectivity index (χ1) is 11.8. The number of guanidine groups is 1. The van der Waals surface area contributed by atoms with Gasteiger partial charge in [0.05, 0.1) is 19.8 Å². The van der Waals surface area contributed by atoms with Crippen LogP contribution in [0.1, 0.15) is 39.5 Å². The van der Waals surface area contributed by atoms with E-state index < -0.39 is 0 Å². The van der Waals surface area contributed by atoms with Crippen LogP contribution in [0.5, 0.6) is 0 Å². The minimum atomic E-state index is 0.769. The molecule has 2 rings (SSSR count). The average Bonchev–Trinajstić information content (AvgIpc) is 2.63. The quantitative estimate of drug-likeness (QED) is 0.513. The third-order valence-electron chi connectivity index (χ3n) is 5.05. The second-order valence-electron chi connectivity index (χ2n) is 6.74. The Kier molecular flexibility index (Phi) is 9.46. The summed E-state index contributed by atoms with van der Waals surface area (Å²) in [4.78, 5) is 9.84. The van der Waals surface area contributed by atoms with Crippen molar-refractivity contribution in [3.63, 3.8) is 0 Å². The molecule has 0 aliphatic carbocycles. The Labute approximate surface area is 148 Å². The third-order valence-corrected chi connectivity index (χ3v) is 5.05. The van der Waals surface area contributed by atoms with E-state index >= 15 is 0 Å². The van der Waals surface area contributed by atoms with Crippen molar-refractivity contribution < 1.29 is 4.74 Å². The number of nitrogens with zero attached hydrogens (tertiary/aromatic N) is 3. The molecule has 2 heterocycles. The van der Waals surface area contributed by atoms with Crippen molar-refractivity contribution in [2.24, 2.45) is 4.99 Å². The summed E-state index contributed by atoms with van der Waals surface area (Å²) in [7, 11) is 0. The fraction of sp³-hybridized carbons (Fsp3) is 0.944. The molecule has 0 saturated carbocycles. The minimum absolute atomic E-state index is 0.769. The first kappa shape index (κ1) is 19.5. The van der Waals surface area contributed by atoms with E-state index in [9.17, 15) is 0 Å². The first-order valence-electron chi connectivity index (χ1n) is 9.89. The Morgan fingerprint density at radius 3 is 2.67 bits per heavy atom. The lowest BCUT2D eigenvalue weighted by molar-refractivity contribution is 0.0389. The van der Waals surface area contributed by atoms with Crippen LogP contribution in [0.25, 0.3) is 0 Å². The Hall–Kier alpha value is -0.850. The maximum atomic E-state index is 5.39. The van der Waals surface area contributed by atoms with E-state index in [1.165, 1.54) is 32.2 Å². The van der Waals surface area contributed by atoms with Crippen molar-refractivity contribution >= 4 is 5.96 Å². The number of hydrogen-bond donors (Lipinski definition) is 2. The molecule has 2 aliphatic heterocycles. The molecular formula is C18H37N5O. The summed E-state index contributed by atoms with van der Waals surface area (Å²) in [5, 5.41) is 6.83. The molecule has 6 heteroatoms. The van der Waals surface area contributed by atoms with Gasteiger partial charge in [0.15, 0.2) is 5.96 Å². The second-order valence-corrected chi connectivity index (χ2v) is 6.74. The predicted molar refractivity (Wildman–Crippen MR) is 101 cm³/mol. The van der Waals surface area contributed by atoms with Gasteiger partial charge in [-0.15, -0.1) is 0 Å². The number of rotatable bonds is 8. The Morgan fingerprint density at radius 2 is 1.92 bits per heavy atom. The zero-order chi connectivity index (χ0) is 17.0. The van der Waals surface area contributed by atoms with Gasteiger partial charge in [-0.05, 0) is 32.7 Å². The van der Waals surface area contributed by atoms with Gasteiger partial charge in [-0.25, -0.2) is 0 Å².